The second-order valence-corrected chi connectivity index (χ2v) is 6.42. The summed E-state index contributed by atoms with van der Waals surface area (Å²) in [6.45, 7) is 2.45. The van der Waals surface area contributed by atoms with Gasteiger partial charge in [-0.05, 0) is 36.4 Å². The van der Waals surface area contributed by atoms with E-state index in [9.17, 15) is 13.6 Å². The summed E-state index contributed by atoms with van der Waals surface area (Å²) in [4.78, 5) is 14.9. The Labute approximate surface area is 162 Å². The molecule has 0 unspecified atom stereocenters. The number of carbonyl (C=O) groups is 1. The fourth-order valence-electron chi connectivity index (χ4n) is 3.02. The average Bonchev–Trinajstić information content (AvgIpc) is 2.70. The maximum Gasteiger partial charge on any atom is 0.387 e. The SMILES string of the molecule is O=C(NCCN1CCNCC1)c1ccccc1Nc1ccc(OC(F)F)cc1. The van der Waals surface area contributed by atoms with Gasteiger partial charge in [-0.3, -0.25) is 9.69 Å². The number of amides is 1. The van der Waals surface area contributed by atoms with E-state index in [2.05, 4.69) is 25.6 Å². The summed E-state index contributed by atoms with van der Waals surface area (Å²) in [5.41, 5.74) is 1.84. The molecule has 2 aromatic rings. The van der Waals surface area contributed by atoms with E-state index in [-0.39, 0.29) is 11.7 Å². The molecule has 0 aliphatic carbocycles. The molecule has 0 radical (unpaired) electrons. The Morgan fingerprint density at radius 3 is 2.54 bits per heavy atom. The van der Waals surface area contributed by atoms with Gasteiger partial charge >= 0.3 is 6.61 Å². The van der Waals surface area contributed by atoms with Crippen molar-refractivity contribution in [3.05, 3.63) is 54.1 Å². The van der Waals surface area contributed by atoms with Gasteiger partial charge in [0, 0.05) is 45.0 Å². The molecule has 2 aromatic carbocycles. The summed E-state index contributed by atoms with van der Waals surface area (Å²) >= 11 is 0. The molecule has 150 valence electrons. The molecule has 8 heteroatoms. The van der Waals surface area contributed by atoms with E-state index in [0.717, 1.165) is 32.7 Å². The molecule has 1 heterocycles. The molecule has 0 aromatic heterocycles. The lowest BCUT2D eigenvalue weighted by Gasteiger charge is -2.27. The first-order valence-corrected chi connectivity index (χ1v) is 9.24. The van der Waals surface area contributed by atoms with Gasteiger partial charge in [0.15, 0.2) is 0 Å². The van der Waals surface area contributed by atoms with Crippen LogP contribution in [0.15, 0.2) is 48.5 Å². The van der Waals surface area contributed by atoms with E-state index in [1.54, 1.807) is 30.3 Å². The predicted octanol–water partition coefficient (Wildman–Crippen LogP) is 2.67. The first-order valence-electron chi connectivity index (χ1n) is 9.24. The van der Waals surface area contributed by atoms with Crippen LogP contribution in [0.25, 0.3) is 0 Å². The van der Waals surface area contributed by atoms with E-state index in [1.165, 1.54) is 12.1 Å². The number of nitrogens with one attached hydrogen (secondary N) is 3. The fraction of sp³-hybridized carbons (Fsp3) is 0.350. The molecule has 3 N–H and O–H groups in total. The summed E-state index contributed by atoms with van der Waals surface area (Å²) in [5, 5.41) is 9.41. The second-order valence-electron chi connectivity index (χ2n) is 6.42. The highest BCUT2D eigenvalue weighted by molar-refractivity contribution is 6.00. The molecule has 28 heavy (non-hydrogen) atoms. The lowest BCUT2D eigenvalue weighted by molar-refractivity contribution is -0.0498. The Balaban J connectivity index is 1.58. The van der Waals surface area contributed by atoms with Gasteiger partial charge in [0.1, 0.15) is 5.75 Å². The Kier molecular flexibility index (Phi) is 7.16. The second kappa shape index (κ2) is 10.0. The van der Waals surface area contributed by atoms with E-state index < -0.39 is 6.61 Å². The molecule has 1 amide bonds. The minimum Gasteiger partial charge on any atom is -0.435 e. The zero-order chi connectivity index (χ0) is 19.8. The number of carbonyl (C=O) groups excluding carboxylic acids is 1. The number of nitrogens with zero attached hydrogens (tertiary/aromatic N) is 1. The van der Waals surface area contributed by atoms with Crippen molar-refractivity contribution < 1.29 is 18.3 Å². The molecule has 1 aliphatic rings. The number of alkyl halides is 2. The van der Waals surface area contributed by atoms with Crippen molar-refractivity contribution in [2.24, 2.45) is 0 Å². The molecule has 1 saturated heterocycles. The molecule has 0 atom stereocenters. The van der Waals surface area contributed by atoms with Crippen molar-refractivity contribution in [2.75, 3.05) is 44.6 Å². The van der Waals surface area contributed by atoms with Crippen molar-refractivity contribution in [3.63, 3.8) is 0 Å². The zero-order valence-electron chi connectivity index (χ0n) is 15.5. The minimum atomic E-state index is -2.86. The topological polar surface area (TPSA) is 65.6 Å². The zero-order valence-corrected chi connectivity index (χ0v) is 15.5. The van der Waals surface area contributed by atoms with Crippen LogP contribution in [-0.2, 0) is 0 Å². The summed E-state index contributed by atoms with van der Waals surface area (Å²) < 4.78 is 28.8. The van der Waals surface area contributed by atoms with Gasteiger partial charge in [0.2, 0.25) is 0 Å². The molecule has 1 aliphatic heterocycles. The number of hydrogen-bond acceptors (Lipinski definition) is 5. The van der Waals surface area contributed by atoms with E-state index in [0.29, 0.717) is 23.5 Å². The fourth-order valence-corrected chi connectivity index (χ4v) is 3.02. The Hall–Kier alpha value is -2.71. The van der Waals surface area contributed by atoms with Crippen molar-refractivity contribution in [1.29, 1.82) is 0 Å². The van der Waals surface area contributed by atoms with Crippen LogP contribution in [0.1, 0.15) is 10.4 Å². The van der Waals surface area contributed by atoms with Gasteiger partial charge in [-0.15, -0.1) is 0 Å². The van der Waals surface area contributed by atoms with Crippen LogP contribution < -0.4 is 20.7 Å². The molecule has 6 nitrogen and oxygen atoms in total. The number of hydrogen-bond donors (Lipinski definition) is 3. The van der Waals surface area contributed by atoms with Gasteiger partial charge in [0.25, 0.3) is 5.91 Å². The average molecular weight is 390 g/mol. The van der Waals surface area contributed by atoms with Gasteiger partial charge in [-0.25, -0.2) is 0 Å². The monoisotopic (exact) mass is 390 g/mol. The number of rotatable bonds is 8. The summed E-state index contributed by atoms with van der Waals surface area (Å²) in [7, 11) is 0. The quantitative estimate of drug-likeness (QED) is 0.647. The van der Waals surface area contributed by atoms with Crippen LogP contribution in [0.4, 0.5) is 20.2 Å². The Bertz CT molecular complexity index is 765. The van der Waals surface area contributed by atoms with E-state index in [1.807, 2.05) is 6.07 Å². The molecule has 3 rings (SSSR count). The van der Waals surface area contributed by atoms with Crippen LogP contribution in [-0.4, -0.2) is 56.7 Å². The molecular formula is C20H24F2N4O2. The number of benzene rings is 2. The van der Waals surface area contributed by atoms with Gasteiger partial charge in [-0.1, -0.05) is 12.1 Å². The largest absolute Gasteiger partial charge is 0.435 e. The van der Waals surface area contributed by atoms with Gasteiger partial charge < -0.3 is 20.7 Å². The Morgan fingerprint density at radius 2 is 1.82 bits per heavy atom. The molecule has 0 spiro atoms. The van der Waals surface area contributed by atoms with Crippen molar-refractivity contribution in [3.8, 4) is 5.75 Å². The van der Waals surface area contributed by atoms with Gasteiger partial charge in [-0.2, -0.15) is 8.78 Å². The van der Waals surface area contributed by atoms with E-state index in [4.69, 9.17) is 0 Å². The third-order valence-electron chi connectivity index (χ3n) is 4.45. The number of piperazine rings is 1. The van der Waals surface area contributed by atoms with Crippen LogP contribution in [0.3, 0.4) is 0 Å². The van der Waals surface area contributed by atoms with Crippen molar-refractivity contribution in [1.82, 2.24) is 15.5 Å². The lowest BCUT2D eigenvalue weighted by Crippen LogP contribution is -2.46. The first kappa shape index (κ1) is 20.0. The van der Waals surface area contributed by atoms with Crippen molar-refractivity contribution >= 4 is 17.3 Å². The molecule has 1 fully saturated rings. The van der Waals surface area contributed by atoms with Crippen LogP contribution in [0.5, 0.6) is 5.75 Å². The lowest BCUT2D eigenvalue weighted by atomic mass is 10.1. The highest BCUT2D eigenvalue weighted by Crippen LogP contribution is 2.23. The summed E-state index contributed by atoms with van der Waals surface area (Å²) in [6.07, 6.45) is 0. The van der Waals surface area contributed by atoms with Gasteiger partial charge in [0.05, 0.1) is 11.3 Å². The smallest absolute Gasteiger partial charge is 0.387 e. The first-order chi connectivity index (χ1) is 13.6. The van der Waals surface area contributed by atoms with Crippen LogP contribution in [0, 0.1) is 0 Å². The number of halogens is 2. The summed E-state index contributed by atoms with van der Waals surface area (Å²) in [6, 6.07) is 13.3. The van der Waals surface area contributed by atoms with Crippen LogP contribution >= 0.6 is 0 Å². The molecule has 0 saturated carbocycles. The highest BCUT2D eigenvalue weighted by atomic mass is 19.3. The number of ether oxygens (including phenoxy) is 1. The minimum absolute atomic E-state index is 0.0829. The molecular weight excluding hydrogens is 366 g/mol. The standard InChI is InChI=1S/C20H24F2N4O2/c21-20(22)28-16-7-5-15(6-8-16)25-18-4-2-1-3-17(18)19(27)24-11-14-26-12-9-23-10-13-26/h1-8,20,23,25H,9-14H2,(H,24,27). The summed E-state index contributed by atoms with van der Waals surface area (Å²) in [5.74, 6) is -0.0737. The van der Waals surface area contributed by atoms with E-state index >= 15 is 0 Å². The Morgan fingerprint density at radius 1 is 1.11 bits per heavy atom. The third-order valence-corrected chi connectivity index (χ3v) is 4.45. The highest BCUT2D eigenvalue weighted by Gasteiger charge is 2.13. The normalized spacial score (nSPS) is 14.7. The third kappa shape index (κ3) is 5.90. The number of para-hydroxylation sites is 1. The van der Waals surface area contributed by atoms with Crippen molar-refractivity contribution in [2.45, 2.75) is 6.61 Å². The van der Waals surface area contributed by atoms with Crippen LogP contribution in [0.2, 0.25) is 0 Å². The predicted molar refractivity (Wildman–Crippen MR) is 104 cm³/mol. The maximum absolute atomic E-state index is 12.6. The maximum atomic E-state index is 12.6. The molecule has 0 bridgehead atoms. The number of anilines is 2.